The van der Waals surface area contributed by atoms with Crippen LogP contribution in [0.4, 0.5) is 0 Å². The molecule has 2 aliphatic heterocycles. The lowest BCUT2D eigenvalue weighted by Crippen LogP contribution is -2.39. The van der Waals surface area contributed by atoms with Gasteiger partial charge in [-0.1, -0.05) is 30.7 Å². The number of carbonyl (C=O) groups is 1. The van der Waals surface area contributed by atoms with Crippen LogP contribution in [0.3, 0.4) is 0 Å². The highest BCUT2D eigenvalue weighted by Crippen LogP contribution is 2.25. The number of phenols is 1. The molecule has 2 heterocycles. The molecule has 0 aliphatic carbocycles. The predicted octanol–water partition coefficient (Wildman–Crippen LogP) is 4.38. The Labute approximate surface area is 185 Å². The van der Waals surface area contributed by atoms with Gasteiger partial charge in [-0.3, -0.25) is 9.69 Å². The molecule has 1 amide bonds. The summed E-state index contributed by atoms with van der Waals surface area (Å²) in [6.45, 7) is 3.93. The summed E-state index contributed by atoms with van der Waals surface area (Å²) in [5.74, 6) is 1.20. The number of phenolic OH excluding ortho intramolecular Hbond substituents is 1. The van der Waals surface area contributed by atoms with Gasteiger partial charge in [-0.15, -0.1) is 0 Å². The van der Waals surface area contributed by atoms with E-state index >= 15 is 0 Å². The van der Waals surface area contributed by atoms with Crippen molar-refractivity contribution in [2.24, 2.45) is 0 Å². The number of hydrogen-bond acceptors (Lipinski definition) is 4. The van der Waals surface area contributed by atoms with Gasteiger partial charge in [0.2, 0.25) is 0 Å². The zero-order valence-electron chi connectivity index (χ0n) is 18.3. The van der Waals surface area contributed by atoms with Crippen molar-refractivity contribution >= 4 is 5.91 Å². The van der Waals surface area contributed by atoms with E-state index < -0.39 is 0 Å². The molecular formula is C26H34N2O3. The quantitative estimate of drug-likeness (QED) is 0.686. The number of likely N-dealkylation sites (tertiary alicyclic amines) is 2. The number of amides is 1. The van der Waals surface area contributed by atoms with Crippen molar-refractivity contribution in [2.45, 2.75) is 57.5 Å². The maximum Gasteiger partial charge on any atom is 0.260 e. The monoisotopic (exact) mass is 422 g/mol. The van der Waals surface area contributed by atoms with E-state index in [-0.39, 0.29) is 12.5 Å². The van der Waals surface area contributed by atoms with Crippen LogP contribution >= 0.6 is 0 Å². The first-order chi connectivity index (χ1) is 15.2. The normalized spacial score (nSPS) is 19.5. The molecule has 2 aromatic carbocycles. The highest BCUT2D eigenvalue weighted by Gasteiger charge is 2.22. The van der Waals surface area contributed by atoms with Gasteiger partial charge in [-0.2, -0.15) is 0 Å². The summed E-state index contributed by atoms with van der Waals surface area (Å²) in [6.07, 6.45) is 8.09. The lowest BCUT2D eigenvalue weighted by molar-refractivity contribution is -0.132. The van der Waals surface area contributed by atoms with E-state index in [1.165, 1.54) is 30.4 Å². The van der Waals surface area contributed by atoms with Gasteiger partial charge in [0.05, 0.1) is 0 Å². The molecule has 2 aliphatic rings. The first-order valence-electron chi connectivity index (χ1n) is 11.7. The maximum atomic E-state index is 12.1. The fourth-order valence-corrected chi connectivity index (χ4v) is 4.77. The highest BCUT2D eigenvalue weighted by atomic mass is 16.5. The number of aromatic hydroxyl groups is 1. The summed E-state index contributed by atoms with van der Waals surface area (Å²) in [4.78, 5) is 16.6. The van der Waals surface area contributed by atoms with Crippen LogP contribution in [0.25, 0.3) is 0 Å². The first-order valence-corrected chi connectivity index (χ1v) is 11.7. The summed E-state index contributed by atoms with van der Waals surface area (Å²) >= 11 is 0. The van der Waals surface area contributed by atoms with E-state index in [9.17, 15) is 9.90 Å². The molecule has 0 radical (unpaired) electrons. The minimum absolute atomic E-state index is 0.0875. The van der Waals surface area contributed by atoms with E-state index in [0.29, 0.717) is 11.8 Å². The fraction of sp³-hybridized carbons (Fsp3) is 0.500. The minimum Gasteiger partial charge on any atom is -0.508 e. The second kappa shape index (κ2) is 10.7. The first kappa shape index (κ1) is 21.7. The van der Waals surface area contributed by atoms with Crippen LogP contribution in [-0.4, -0.2) is 53.1 Å². The minimum atomic E-state index is 0.0875. The van der Waals surface area contributed by atoms with Crippen LogP contribution < -0.4 is 4.74 Å². The molecule has 166 valence electrons. The number of benzene rings is 2. The Bertz CT molecular complexity index is 846. The van der Waals surface area contributed by atoms with Crippen LogP contribution in [0.1, 0.15) is 49.7 Å². The third-order valence-corrected chi connectivity index (χ3v) is 6.56. The van der Waals surface area contributed by atoms with E-state index in [1.807, 2.05) is 29.2 Å². The van der Waals surface area contributed by atoms with Crippen molar-refractivity contribution in [3.63, 3.8) is 0 Å². The molecule has 2 aromatic rings. The van der Waals surface area contributed by atoms with E-state index in [4.69, 9.17) is 4.74 Å². The van der Waals surface area contributed by atoms with Gasteiger partial charge in [0.25, 0.3) is 5.91 Å². The molecule has 2 fully saturated rings. The molecule has 2 saturated heterocycles. The molecule has 4 rings (SSSR count). The van der Waals surface area contributed by atoms with Crippen molar-refractivity contribution < 1.29 is 14.6 Å². The molecule has 1 unspecified atom stereocenters. The molecule has 31 heavy (non-hydrogen) atoms. The fourth-order valence-electron chi connectivity index (χ4n) is 4.77. The zero-order chi connectivity index (χ0) is 21.5. The summed E-state index contributed by atoms with van der Waals surface area (Å²) in [5.41, 5.74) is 2.48. The third-order valence-electron chi connectivity index (χ3n) is 6.56. The van der Waals surface area contributed by atoms with E-state index in [1.54, 1.807) is 6.07 Å². The predicted molar refractivity (Wildman–Crippen MR) is 122 cm³/mol. The number of rotatable bonds is 8. The average Bonchev–Trinajstić information content (AvgIpc) is 3.33. The second-order valence-electron chi connectivity index (χ2n) is 8.85. The number of hydrogen-bond donors (Lipinski definition) is 1. The second-order valence-corrected chi connectivity index (χ2v) is 8.85. The largest absolute Gasteiger partial charge is 0.508 e. The van der Waals surface area contributed by atoms with Gasteiger partial charge in [-0.05, 0) is 80.5 Å². The summed E-state index contributed by atoms with van der Waals surface area (Å²) in [6, 6.07) is 16.4. The van der Waals surface area contributed by atoms with Crippen LogP contribution in [0.5, 0.6) is 11.5 Å². The Hall–Kier alpha value is -2.53. The molecule has 1 atom stereocenters. The van der Waals surface area contributed by atoms with Gasteiger partial charge in [0.1, 0.15) is 11.5 Å². The van der Waals surface area contributed by atoms with Crippen LogP contribution in [-0.2, 0) is 17.8 Å². The van der Waals surface area contributed by atoms with Crippen LogP contribution in [0.2, 0.25) is 0 Å². The Balaban J connectivity index is 1.27. The smallest absolute Gasteiger partial charge is 0.260 e. The van der Waals surface area contributed by atoms with E-state index in [0.717, 1.165) is 57.6 Å². The Morgan fingerprint density at radius 3 is 2.52 bits per heavy atom. The summed E-state index contributed by atoms with van der Waals surface area (Å²) < 4.78 is 5.72. The third kappa shape index (κ3) is 6.23. The average molecular weight is 423 g/mol. The van der Waals surface area contributed by atoms with Crippen LogP contribution in [0.15, 0.2) is 48.5 Å². The van der Waals surface area contributed by atoms with Gasteiger partial charge in [0, 0.05) is 25.7 Å². The van der Waals surface area contributed by atoms with Crippen LogP contribution in [0, 0.1) is 0 Å². The number of ether oxygens (including phenoxy) is 1. The molecule has 5 heteroatoms. The standard InChI is InChI=1S/C26H34N2O3/c29-24-8-5-6-21(18-24)9-12-23-7-1-2-17-28(23)19-22-10-13-25(14-11-22)31-20-26(30)27-15-3-4-16-27/h5-6,8,10-11,13-14,18,23,29H,1-4,7,9,12,15-17,19-20H2. The Morgan fingerprint density at radius 2 is 1.74 bits per heavy atom. The number of aryl methyl sites for hydroxylation is 1. The molecular weight excluding hydrogens is 388 g/mol. The molecule has 0 spiro atoms. The van der Waals surface area contributed by atoms with Gasteiger partial charge in [-0.25, -0.2) is 0 Å². The van der Waals surface area contributed by atoms with Crippen molar-refractivity contribution in [3.05, 3.63) is 59.7 Å². The van der Waals surface area contributed by atoms with Gasteiger partial charge >= 0.3 is 0 Å². The molecule has 0 bridgehead atoms. The topological polar surface area (TPSA) is 53.0 Å². The number of nitrogens with zero attached hydrogens (tertiary/aromatic N) is 2. The lowest BCUT2D eigenvalue weighted by Gasteiger charge is -2.36. The Morgan fingerprint density at radius 1 is 0.968 bits per heavy atom. The van der Waals surface area contributed by atoms with Gasteiger partial charge in [0.15, 0.2) is 6.61 Å². The number of carbonyl (C=O) groups excluding carboxylic acids is 1. The molecule has 0 aromatic heterocycles. The van der Waals surface area contributed by atoms with Gasteiger partial charge < -0.3 is 14.7 Å². The lowest BCUT2D eigenvalue weighted by atomic mass is 9.95. The SMILES string of the molecule is O=C(COc1ccc(CN2CCCCC2CCc2cccc(O)c2)cc1)N1CCCC1. The molecule has 0 saturated carbocycles. The summed E-state index contributed by atoms with van der Waals surface area (Å²) in [5, 5.41) is 9.70. The highest BCUT2D eigenvalue weighted by molar-refractivity contribution is 5.78. The Kier molecular flexibility index (Phi) is 7.47. The van der Waals surface area contributed by atoms with Crippen molar-refractivity contribution in [3.8, 4) is 11.5 Å². The summed E-state index contributed by atoms with van der Waals surface area (Å²) in [7, 11) is 0. The zero-order valence-corrected chi connectivity index (χ0v) is 18.3. The molecule has 5 nitrogen and oxygen atoms in total. The van der Waals surface area contributed by atoms with Crippen molar-refractivity contribution in [1.29, 1.82) is 0 Å². The molecule has 1 N–H and O–H groups in total. The number of piperidine rings is 1. The van der Waals surface area contributed by atoms with Crippen molar-refractivity contribution in [1.82, 2.24) is 9.80 Å². The maximum absolute atomic E-state index is 12.1. The van der Waals surface area contributed by atoms with Crippen molar-refractivity contribution in [2.75, 3.05) is 26.2 Å². The van der Waals surface area contributed by atoms with E-state index in [2.05, 4.69) is 23.1 Å².